The van der Waals surface area contributed by atoms with Crippen molar-refractivity contribution < 1.29 is 14.0 Å². The first kappa shape index (κ1) is 38.1. The van der Waals surface area contributed by atoms with Crippen LogP contribution in [0.4, 0.5) is 0 Å². The molecule has 6 nitrogen and oxygen atoms in total. The van der Waals surface area contributed by atoms with Gasteiger partial charge in [0.05, 0.1) is 41.9 Å². The van der Waals surface area contributed by atoms with E-state index in [-0.39, 0.29) is 21.7 Å². The SMILES string of the molecule is Cn1[c-][n+](-c2cccc(Oc3ccc4c(c3)-n3[c-][n+](C)c5cccc(c53)C43c4c(cc(C(C)(C)C)cc4C(C)(C)C)-c4cc(C(C)(C)C)cc(C(C)(C)C)c43)c2)nc1. The van der Waals surface area contributed by atoms with Gasteiger partial charge in [0.15, 0.2) is 0 Å². The first-order chi connectivity index (χ1) is 27.1. The third-order valence-corrected chi connectivity index (χ3v) is 12.4. The largest absolute Gasteiger partial charge is 0.459 e. The number of fused-ring (bicyclic) bond motifs is 9. The smallest absolute Gasteiger partial charge is 0.244 e. The van der Waals surface area contributed by atoms with E-state index in [1.54, 1.807) is 11.0 Å². The Labute approximate surface area is 344 Å². The van der Waals surface area contributed by atoms with Crippen LogP contribution < -0.4 is 14.0 Å². The first-order valence-corrected chi connectivity index (χ1v) is 20.7. The van der Waals surface area contributed by atoms with Gasteiger partial charge in [0.25, 0.3) is 0 Å². The van der Waals surface area contributed by atoms with Crippen molar-refractivity contribution in [3.8, 4) is 34.0 Å². The molecule has 1 spiro atoms. The van der Waals surface area contributed by atoms with Crippen LogP contribution >= 0.6 is 0 Å². The van der Waals surface area contributed by atoms with Crippen LogP contribution in [0.5, 0.6) is 11.5 Å². The third kappa shape index (κ3) is 5.61. The zero-order valence-corrected chi connectivity index (χ0v) is 36.8. The summed E-state index contributed by atoms with van der Waals surface area (Å²) >= 11 is 0. The van der Waals surface area contributed by atoms with Gasteiger partial charge in [-0.05, 0) is 102 Å². The van der Waals surface area contributed by atoms with E-state index in [4.69, 9.17) is 4.74 Å². The standard InChI is InChI=1S/C52H57N5O/c1-48(2,3)32-23-37-38-24-33(49(4,5)6)26-42(51(10,11)12)46(38)52(45(37)41(25-32)50(7,8)9)39-22-21-36(58-35-18-15-17-34(27-35)57-30-54(13)29-53-57)28-44(39)56-31-55(14)43-20-16-19-40(52)47(43)56/h15-29H,1-14H3. The molecule has 2 aliphatic rings. The number of aromatic nitrogens is 5. The van der Waals surface area contributed by atoms with Gasteiger partial charge in [0, 0.05) is 0 Å². The molecule has 6 heteroatoms. The Morgan fingerprint density at radius 3 is 1.76 bits per heavy atom. The lowest BCUT2D eigenvalue weighted by molar-refractivity contribution is -0.661. The van der Waals surface area contributed by atoms with E-state index >= 15 is 0 Å². The van der Waals surface area contributed by atoms with E-state index in [1.807, 2.05) is 35.9 Å². The van der Waals surface area contributed by atoms with Crippen LogP contribution in [0.3, 0.4) is 0 Å². The minimum Gasteiger partial charge on any atom is -0.459 e. The molecule has 0 fully saturated rings. The topological polar surface area (TPSA) is 39.7 Å². The highest BCUT2D eigenvalue weighted by Crippen LogP contribution is 2.64. The lowest BCUT2D eigenvalue weighted by Crippen LogP contribution is -2.38. The fourth-order valence-electron chi connectivity index (χ4n) is 9.49. The van der Waals surface area contributed by atoms with Gasteiger partial charge >= 0.3 is 0 Å². The highest BCUT2D eigenvalue weighted by Gasteiger charge is 2.54. The predicted octanol–water partition coefficient (Wildman–Crippen LogP) is 10.7. The Morgan fingerprint density at radius 2 is 1.21 bits per heavy atom. The lowest BCUT2D eigenvalue weighted by Gasteiger charge is -2.45. The number of aryl methyl sites for hydroxylation is 2. The number of benzene rings is 5. The fourth-order valence-corrected chi connectivity index (χ4v) is 9.49. The normalized spacial score (nSPS) is 14.5. The third-order valence-electron chi connectivity index (χ3n) is 12.4. The second-order valence-corrected chi connectivity index (χ2v) is 20.8. The van der Waals surface area contributed by atoms with Crippen molar-refractivity contribution in [1.82, 2.24) is 14.2 Å². The molecule has 0 atom stereocenters. The van der Waals surface area contributed by atoms with Gasteiger partial charge in [0.1, 0.15) is 17.8 Å². The lowest BCUT2D eigenvalue weighted by atomic mass is 9.60. The molecule has 58 heavy (non-hydrogen) atoms. The first-order valence-electron chi connectivity index (χ1n) is 20.7. The summed E-state index contributed by atoms with van der Waals surface area (Å²) in [5, 5.41) is 4.46. The molecule has 2 aromatic heterocycles. The molecule has 1 aliphatic carbocycles. The van der Waals surface area contributed by atoms with E-state index < -0.39 is 5.41 Å². The highest BCUT2D eigenvalue weighted by atomic mass is 16.5. The zero-order chi connectivity index (χ0) is 41.5. The van der Waals surface area contributed by atoms with Gasteiger partial charge in [0.2, 0.25) is 12.7 Å². The van der Waals surface area contributed by atoms with E-state index in [0.717, 1.165) is 28.4 Å². The Bertz CT molecular complexity index is 2740. The fraction of sp³-hybridized carbons (Fsp3) is 0.365. The number of nitrogens with zero attached hydrogens (tertiary/aromatic N) is 5. The Hall–Kier alpha value is -5.49. The number of ether oxygens (including phenoxy) is 1. The molecule has 3 heterocycles. The van der Waals surface area contributed by atoms with Crippen molar-refractivity contribution in [1.29, 1.82) is 0 Å². The maximum Gasteiger partial charge on any atom is 0.244 e. The van der Waals surface area contributed by atoms with Crippen LogP contribution in [-0.2, 0) is 41.2 Å². The van der Waals surface area contributed by atoms with Crippen molar-refractivity contribution in [2.75, 3.05) is 0 Å². The summed E-state index contributed by atoms with van der Waals surface area (Å²) in [4.78, 5) is 0. The average Bonchev–Trinajstić information content (AvgIpc) is 3.81. The Balaban J connectivity index is 1.42. The number of hydrogen-bond acceptors (Lipinski definition) is 2. The molecule has 0 amide bonds. The molecule has 296 valence electrons. The maximum absolute atomic E-state index is 6.76. The van der Waals surface area contributed by atoms with Gasteiger partial charge < -0.3 is 18.4 Å². The molecule has 9 rings (SSSR count). The minimum atomic E-state index is -0.628. The van der Waals surface area contributed by atoms with Crippen LogP contribution in [0, 0.1) is 12.7 Å². The zero-order valence-electron chi connectivity index (χ0n) is 36.8. The summed E-state index contributed by atoms with van der Waals surface area (Å²) in [6, 6.07) is 31.8. The molecule has 0 unspecified atom stereocenters. The summed E-state index contributed by atoms with van der Waals surface area (Å²) in [6.45, 7) is 28.5. The van der Waals surface area contributed by atoms with Crippen molar-refractivity contribution in [2.24, 2.45) is 14.1 Å². The van der Waals surface area contributed by atoms with E-state index in [0.29, 0.717) is 0 Å². The van der Waals surface area contributed by atoms with Gasteiger partial charge in [-0.15, -0.1) is 5.10 Å². The molecule has 1 aliphatic heterocycles. The predicted molar refractivity (Wildman–Crippen MR) is 233 cm³/mol. The van der Waals surface area contributed by atoms with Gasteiger partial charge in [-0.25, -0.2) is 4.68 Å². The van der Waals surface area contributed by atoms with E-state index in [2.05, 4.69) is 178 Å². The maximum atomic E-state index is 6.76. The summed E-state index contributed by atoms with van der Waals surface area (Å²) < 4.78 is 14.7. The minimum absolute atomic E-state index is 0.0437. The van der Waals surface area contributed by atoms with Crippen molar-refractivity contribution in [3.05, 3.63) is 148 Å². The summed E-state index contributed by atoms with van der Waals surface area (Å²) in [7, 11) is 4.03. The second kappa shape index (κ2) is 12.3. The number of hydrogen-bond donors (Lipinski definition) is 0. The van der Waals surface area contributed by atoms with Crippen LogP contribution in [-0.4, -0.2) is 14.2 Å². The molecule has 0 N–H and O–H groups in total. The molecule has 0 saturated heterocycles. The molecule has 0 radical (unpaired) electrons. The van der Waals surface area contributed by atoms with E-state index in [1.165, 1.54) is 61.2 Å². The molecule has 0 bridgehead atoms. The van der Waals surface area contributed by atoms with Gasteiger partial charge in [-0.1, -0.05) is 144 Å². The molecule has 0 saturated carbocycles. The monoisotopic (exact) mass is 767 g/mol. The Morgan fingerprint density at radius 1 is 0.621 bits per heavy atom. The quantitative estimate of drug-likeness (QED) is 0.133. The summed E-state index contributed by atoms with van der Waals surface area (Å²) in [5.41, 5.74) is 16.8. The number of imidazole rings is 1. The Kier molecular flexibility index (Phi) is 8.05. The van der Waals surface area contributed by atoms with Gasteiger partial charge in [-0.2, -0.15) is 0 Å². The average molecular weight is 768 g/mol. The molecule has 5 aromatic carbocycles. The van der Waals surface area contributed by atoms with Crippen molar-refractivity contribution in [2.45, 2.75) is 110 Å². The van der Waals surface area contributed by atoms with Crippen LogP contribution in [0.15, 0.2) is 91.3 Å². The molecular formula is C52H57N5O. The molecule has 7 aromatic rings. The number of rotatable bonds is 3. The van der Waals surface area contributed by atoms with Crippen molar-refractivity contribution in [3.63, 3.8) is 0 Å². The number of para-hydroxylation sites is 1. The second-order valence-electron chi connectivity index (χ2n) is 20.8. The van der Waals surface area contributed by atoms with Crippen LogP contribution in [0.25, 0.3) is 33.5 Å². The van der Waals surface area contributed by atoms with Crippen LogP contribution in [0.2, 0.25) is 0 Å². The summed E-state index contributed by atoms with van der Waals surface area (Å²) in [5.74, 6) is 1.49. The summed E-state index contributed by atoms with van der Waals surface area (Å²) in [6.07, 6.45) is 8.68. The molecular weight excluding hydrogens is 711 g/mol. The van der Waals surface area contributed by atoms with E-state index in [9.17, 15) is 0 Å². The highest BCUT2D eigenvalue weighted by molar-refractivity contribution is 5.97. The van der Waals surface area contributed by atoms with Crippen molar-refractivity contribution >= 4 is 11.0 Å². The van der Waals surface area contributed by atoms with Crippen LogP contribution in [0.1, 0.15) is 128 Å². The van der Waals surface area contributed by atoms with Gasteiger partial charge in [-0.3, -0.25) is 0 Å².